The van der Waals surface area contributed by atoms with Crippen LogP contribution in [0.25, 0.3) is 0 Å². The van der Waals surface area contributed by atoms with Crippen LogP contribution in [-0.2, 0) is 0 Å². The maximum absolute atomic E-state index is 5.63. The summed E-state index contributed by atoms with van der Waals surface area (Å²) in [6.45, 7) is 6.39. The Balaban J connectivity index is 1.96. The predicted octanol–water partition coefficient (Wildman–Crippen LogP) is 4.74. The second-order valence-corrected chi connectivity index (χ2v) is 6.90. The van der Waals surface area contributed by atoms with Crippen molar-refractivity contribution in [2.24, 2.45) is 4.40 Å². The Bertz CT molecular complexity index is 559. The van der Waals surface area contributed by atoms with Crippen LogP contribution in [0.15, 0.2) is 53.1 Å². The van der Waals surface area contributed by atoms with Crippen LogP contribution in [0.5, 0.6) is 11.6 Å². The molecular formula is C16H18N2OS. The molecule has 1 aromatic heterocycles. The number of para-hydroxylation sites is 1. The number of hydrogen-bond donors (Lipinski definition) is 0. The van der Waals surface area contributed by atoms with Crippen LogP contribution in [0.2, 0.25) is 0 Å². The highest BCUT2D eigenvalue weighted by atomic mass is 32.2. The second kappa shape index (κ2) is 6.57. The highest BCUT2D eigenvalue weighted by molar-refractivity contribution is 7.99. The Morgan fingerprint density at radius 2 is 1.85 bits per heavy atom. The molecule has 0 radical (unpaired) electrons. The van der Waals surface area contributed by atoms with Crippen LogP contribution in [0.3, 0.4) is 0 Å². The Morgan fingerprint density at radius 3 is 2.45 bits per heavy atom. The van der Waals surface area contributed by atoms with Crippen molar-refractivity contribution in [2.45, 2.75) is 25.5 Å². The van der Waals surface area contributed by atoms with E-state index in [9.17, 15) is 0 Å². The third kappa shape index (κ3) is 5.05. The summed E-state index contributed by atoms with van der Waals surface area (Å²) in [5.41, 5.74) is 0.960. The van der Waals surface area contributed by atoms with Crippen molar-refractivity contribution in [2.75, 3.05) is 0 Å². The molecule has 0 spiro atoms. The zero-order valence-electron chi connectivity index (χ0n) is 11.9. The lowest BCUT2D eigenvalue weighted by molar-refractivity contribution is 0.463. The van der Waals surface area contributed by atoms with E-state index in [4.69, 9.17) is 4.74 Å². The summed E-state index contributed by atoms with van der Waals surface area (Å²) in [7, 11) is 0. The highest BCUT2D eigenvalue weighted by Crippen LogP contribution is 2.24. The van der Waals surface area contributed by atoms with Gasteiger partial charge in [0, 0.05) is 28.8 Å². The van der Waals surface area contributed by atoms with Crippen molar-refractivity contribution in [1.82, 2.24) is 4.98 Å². The van der Waals surface area contributed by atoms with E-state index in [1.54, 1.807) is 18.1 Å². The maximum atomic E-state index is 5.63. The lowest BCUT2D eigenvalue weighted by Gasteiger charge is -2.12. The van der Waals surface area contributed by atoms with Crippen molar-refractivity contribution in [3.63, 3.8) is 0 Å². The largest absolute Gasteiger partial charge is 0.439 e. The van der Waals surface area contributed by atoms with Gasteiger partial charge in [-0.3, -0.25) is 0 Å². The number of benzene rings is 1. The van der Waals surface area contributed by atoms with E-state index < -0.39 is 0 Å². The number of nitrogens with zero attached hydrogens (tertiary/aromatic N) is 2. The number of hydrogen-bond acceptors (Lipinski definition) is 4. The van der Waals surface area contributed by atoms with Gasteiger partial charge in [0.15, 0.2) is 0 Å². The molecule has 1 heterocycles. The molecule has 0 fully saturated rings. The molecule has 0 aliphatic rings. The fraction of sp³-hybridized carbons (Fsp3) is 0.250. The van der Waals surface area contributed by atoms with Gasteiger partial charge in [0.25, 0.3) is 0 Å². The molecule has 0 saturated carbocycles. The van der Waals surface area contributed by atoms with Gasteiger partial charge >= 0.3 is 0 Å². The molecule has 2 aromatic rings. The summed E-state index contributed by atoms with van der Waals surface area (Å²) in [6.07, 6.45) is 3.57. The highest BCUT2D eigenvalue weighted by Gasteiger charge is 2.08. The summed E-state index contributed by atoms with van der Waals surface area (Å²) < 4.78 is 10.1. The van der Waals surface area contributed by atoms with Crippen molar-refractivity contribution >= 4 is 18.2 Å². The lowest BCUT2D eigenvalue weighted by Crippen LogP contribution is -2.04. The molecule has 0 amide bonds. The van der Waals surface area contributed by atoms with Crippen molar-refractivity contribution in [3.8, 4) is 11.6 Å². The van der Waals surface area contributed by atoms with E-state index in [1.807, 2.05) is 48.7 Å². The first kappa shape index (κ1) is 14.6. The molecule has 104 valence electrons. The summed E-state index contributed by atoms with van der Waals surface area (Å²) in [6, 6.07) is 13.4. The van der Waals surface area contributed by atoms with Gasteiger partial charge in [-0.25, -0.2) is 9.38 Å². The standard InChI is InChI=1S/C16H18N2OS/c1-16(2,3)20-18-12-13-9-10-15(17-11-13)19-14-7-5-4-6-8-14/h4-12H,1-3H3/b18-12+. The maximum Gasteiger partial charge on any atom is 0.219 e. The van der Waals surface area contributed by atoms with Gasteiger partial charge < -0.3 is 4.74 Å². The minimum absolute atomic E-state index is 0.125. The predicted molar refractivity (Wildman–Crippen MR) is 85.7 cm³/mol. The first-order valence-electron chi connectivity index (χ1n) is 6.43. The SMILES string of the molecule is CC(C)(C)S/N=C/c1ccc(Oc2ccccc2)nc1. The minimum Gasteiger partial charge on any atom is -0.439 e. The van der Waals surface area contributed by atoms with Crippen molar-refractivity contribution < 1.29 is 4.74 Å². The van der Waals surface area contributed by atoms with Gasteiger partial charge in [-0.2, -0.15) is 0 Å². The molecule has 2 rings (SSSR count). The second-order valence-electron chi connectivity index (χ2n) is 5.28. The summed E-state index contributed by atoms with van der Waals surface area (Å²) in [5, 5.41) is 0. The normalized spacial score (nSPS) is 11.8. The molecule has 0 aliphatic carbocycles. The quantitative estimate of drug-likeness (QED) is 0.601. The van der Waals surface area contributed by atoms with Crippen LogP contribution >= 0.6 is 11.9 Å². The smallest absolute Gasteiger partial charge is 0.219 e. The average Bonchev–Trinajstić information content (AvgIpc) is 2.41. The van der Waals surface area contributed by atoms with E-state index in [0.717, 1.165) is 11.3 Å². The van der Waals surface area contributed by atoms with Crippen LogP contribution < -0.4 is 4.74 Å². The molecule has 1 aromatic carbocycles. The summed E-state index contributed by atoms with van der Waals surface area (Å²) in [4.78, 5) is 4.27. The fourth-order valence-electron chi connectivity index (χ4n) is 1.38. The molecule has 0 bridgehead atoms. The van der Waals surface area contributed by atoms with E-state index in [-0.39, 0.29) is 4.75 Å². The number of rotatable bonds is 4. The molecule has 0 atom stereocenters. The Kier molecular flexibility index (Phi) is 4.79. The van der Waals surface area contributed by atoms with E-state index >= 15 is 0 Å². The van der Waals surface area contributed by atoms with Crippen LogP contribution in [-0.4, -0.2) is 15.9 Å². The fourth-order valence-corrected chi connectivity index (χ4v) is 1.87. The molecule has 0 unspecified atom stereocenters. The van der Waals surface area contributed by atoms with Crippen LogP contribution in [0.1, 0.15) is 26.3 Å². The number of ether oxygens (including phenoxy) is 1. The molecule has 3 nitrogen and oxygen atoms in total. The minimum atomic E-state index is 0.125. The molecule has 20 heavy (non-hydrogen) atoms. The van der Waals surface area contributed by atoms with Gasteiger partial charge in [-0.15, -0.1) is 0 Å². The third-order valence-corrected chi connectivity index (χ3v) is 3.01. The van der Waals surface area contributed by atoms with Gasteiger partial charge in [0.2, 0.25) is 5.88 Å². The summed E-state index contributed by atoms with van der Waals surface area (Å²) >= 11 is 1.55. The van der Waals surface area contributed by atoms with Gasteiger partial charge in [0.05, 0.1) is 0 Å². The third-order valence-electron chi connectivity index (χ3n) is 2.25. The van der Waals surface area contributed by atoms with Gasteiger partial charge in [0.1, 0.15) is 5.75 Å². The van der Waals surface area contributed by atoms with Crippen LogP contribution in [0.4, 0.5) is 0 Å². The van der Waals surface area contributed by atoms with Crippen molar-refractivity contribution in [1.29, 1.82) is 0 Å². The molecule has 0 saturated heterocycles. The van der Waals surface area contributed by atoms with Crippen molar-refractivity contribution in [3.05, 3.63) is 54.2 Å². The Labute approximate surface area is 124 Å². The Morgan fingerprint density at radius 1 is 1.10 bits per heavy atom. The number of aromatic nitrogens is 1. The average molecular weight is 286 g/mol. The number of pyridine rings is 1. The first-order valence-corrected chi connectivity index (χ1v) is 7.21. The zero-order valence-corrected chi connectivity index (χ0v) is 12.7. The van der Waals surface area contributed by atoms with E-state index in [0.29, 0.717) is 5.88 Å². The summed E-state index contributed by atoms with van der Waals surface area (Å²) in [5.74, 6) is 1.36. The molecule has 4 heteroatoms. The molecule has 0 aliphatic heterocycles. The van der Waals surface area contributed by atoms with E-state index in [2.05, 4.69) is 30.2 Å². The lowest BCUT2D eigenvalue weighted by atomic mass is 10.3. The van der Waals surface area contributed by atoms with E-state index in [1.165, 1.54) is 0 Å². The van der Waals surface area contributed by atoms with Gasteiger partial charge in [-0.1, -0.05) is 18.2 Å². The first-order chi connectivity index (χ1) is 9.53. The monoisotopic (exact) mass is 286 g/mol. The Hall–Kier alpha value is -1.81. The zero-order chi connectivity index (χ0) is 14.4. The topological polar surface area (TPSA) is 34.5 Å². The molecular weight excluding hydrogens is 268 g/mol. The van der Waals surface area contributed by atoms with Crippen LogP contribution in [0, 0.1) is 0 Å². The molecule has 0 N–H and O–H groups in total. The van der Waals surface area contributed by atoms with Gasteiger partial charge in [-0.05, 0) is 50.9 Å².